The SMILES string of the molecule is CC(C)CC1NC(=O)C(C)N(C(C)(C)CC(C)(C)C)C1=O. The van der Waals surface area contributed by atoms with Crippen molar-refractivity contribution >= 4 is 11.8 Å². The molecule has 1 N–H and O–H groups in total. The van der Waals surface area contributed by atoms with E-state index in [1.807, 2.05) is 11.8 Å². The van der Waals surface area contributed by atoms with Gasteiger partial charge in [-0.05, 0) is 44.9 Å². The minimum atomic E-state index is -0.404. The molecule has 1 heterocycles. The Morgan fingerprint density at radius 2 is 1.67 bits per heavy atom. The molecule has 4 nitrogen and oxygen atoms in total. The van der Waals surface area contributed by atoms with Gasteiger partial charge in [0.25, 0.3) is 0 Å². The van der Waals surface area contributed by atoms with Gasteiger partial charge in [0.15, 0.2) is 0 Å². The second-order valence-electron chi connectivity index (χ2n) is 8.62. The molecule has 1 aliphatic heterocycles. The molecule has 2 unspecified atom stereocenters. The van der Waals surface area contributed by atoms with Crippen LogP contribution in [0.1, 0.15) is 68.2 Å². The number of rotatable bonds is 4. The molecule has 0 aromatic carbocycles. The van der Waals surface area contributed by atoms with Crippen LogP contribution in [0.4, 0.5) is 0 Å². The summed E-state index contributed by atoms with van der Waals surface area (Å²) >= 11 is 0. The maximum Gasteiger partial charge on any atom is 0.246 e. The Morgan fingerprint density at radius 1 is 1.14 bits per heavy atom. The maximum absolute atomic E-state index is 12.9. The van der Waals surface area contributed by atoms with Crippen molar-refractivity contribution in [1.29, 1.82) is 0 Å². The van der Waals surface area contributed by atoms with Gasteiger partial charge >= 0.3 is 0 Å². The maximum atomic E-state index is 12.9. The topological polar surface area (TPSA) is 49.4 Å². The number of nitrogens with one attached hydrogen (secondary N) is 1. The molecular formula is C17H32N2O2. The van der Waals surface area contributed by atoms with Crippen molar-refractivity contribution in [2.75, 3.05) is 0 Å². The zero-order valence-electron chi connectivity index (χ0n) is 14.9. The predicted octanol–water partition coefficient (Wildman–Crippen LogP) is 2.96. The molecule has 1 rings (SSSR count). The fourth-order valence-electron chi connectivity index (χ4n) is 3.67. The van der Waals surface area contributed by atoms with Gasteiger partial charge in [-0.25, -0.2) is 0 Å². The molecule has 2 amide bonds. The van der Waals surface area contributed by atoms with Gasteiger partial charge < -0.3 is 10.2 Å². The highest BCUT2D eigenvalue weighted by molar-refractivity contribution is 5.97. The van der Waals surface area contributed by atoms with Gasteiger partial charge in [0.05, 0.1) is 0 Å². The van der Waals surface area contributed by atoms with Gasteiger partial charge in [0.1, 0.15) is 12.1 Å². The Kier molecular flexibility index (Phi) is 5.12. The lowest BCUT2D eigenvalue weighted by atomic mass is 9.79. The number of carbonyl (C=O) groups is 2. The first-order valence-electron chi connectivity index (χ1n) is 7.99. The van der Waals surface area contributed by atoms with E-state index in [1.54, 1.807) is 0 Å². The van der Waals surface area contributed by atoms with Crippen LogP contribution >= 0.6 is 0 Å². The summed E-state index contributed by atoms with van der Waals surface area (Å²) in [7, 11) is 0. The van der Waals surface area contributed by atoms with E-state index in [0.29, 0.717) is 12.3 Å². The molecule has 1 aliphatic rings. The number of carbonyl (C=O) groups excluding carboxylic acids is 2. The quantitative estimate of drug-likeness (QED) is 0.867. The average molecular weight is 296 g/mol. The van der Waals surface area contributed by atoms with Gasteiger partial charge in [-0.3, -0.25) is 9.59 Å². The zero-order chi connectivity index (χ0) is 16.6. The Hall–Kier alpha value is -1.06. The van der Waals surface area contributed by atoms with Crippen LogP contribution in [0.2, 0.25) is 0 Å². The van der Waals surface area contributed by atoms with E-state index in [2.05, 4.69) is 53.8 Å². The summed E-state index contributed by atoms with van der Waals surface area (Å²) in [6.45, 7) is 16.6. The van der Waals surface area contributed by atoms with Crippen LogP contribution in [0, 0.1) is 11.3 Å². The first-order chi connectivity index (χ1) is 9.35. The van der Waals surface area contributed by atoms with Crippen LogP contribution < -0.4 is 5.32 Å². The van der Waals surface area contributed by atoms with Gasteiger partial charge in [-0.2, -0.15) is 0 Å². The van der Waals surface area contributed by atoms with Crippen LogP contribution in [0.15, 0.2) is 0 Å². The van der Waals surface area contributed by atoms with E-state index in [1.165, 1.54) is 0 Å². The van der Waals surface area contributed by atoms with Crippen molar-refractivity contribution in [2.45, 2.75) is 85.9 Å². The van der Waals surface area contributed by atoms with Gasteiger partial charge in [0.2, 0.25) is 11.8 Å². The molecule has 4 heteroatoms. The van der Waals surface area contributed by atoms with Crippen molar-refractivity contribution in [2.24, 2.45) is 11.3 Å². The number of piperazine rings is 1. The lowest BCUT2D eigenvalue weighted by Gasteiger charge is -2.49. The van der Waals surface area contributed by atoms with Crippen LogP contribution in [0.25, 0.3) is 0 Å². The number of hydrogen-bond donors (Lipinski definition) is 1. The van der Waals surface area contributed by atoms with Gasteiger partial charge in [0, 0.05) is 5.54 Å². The largest absolute Gasteiger partial charge is 0.343 e. The first-order valence-corrected chi connectivity index (χ1v) is 7.99. The Morgan fingerprint density at radius 3 is 2.10 bits per heavy atom. The fourth-order valence-corrected chi connectivity index (χ4v) is 3.67. The van der Waals surface area contributed by atoms with Crippen molar-refractivity contribution in [1.82, 2.24) is 10.2 Å². The standard InChI is InChI=1S/C17H32N2O2/c1-11(2)9-13-15(21)19(12(3)14(20)18-13)17(7,8)10-16(4,5)6/h11-13H,9-10H2,1-8H3,(H,18,20). The minimum Gasteiger partial charge on any atom is -0.343 e. The highest BCUT2D eigenvalue weighted by Crippen LogP contribution is 2.34. The molecule has 1 fully saturated rings. The molecule has 0 aromatic rings. The van der Waals surface area contributed by atoms with E-state index in [4.69, 9.17) is 0 Å². The summed E-state index contributed by atoms with van der Waals surface area (Å²) in [6.07, 6.45) is 1.55. The Labute approximate surface area is 129 Å². The Balaban J connectivity index is 3.06. The van der Waals surface area contributed by atoms with Crippen molar-refractivity contribution in [3.05, 3.63) is 0 Å². The monoisotopic (exact) mass is 296 g/mol. The molecule has 0 aromatic heterocycles. The first kappa shape index (κ1) is 18.0. The molecular weight excluding hydrogens is 264 g/mol. The second kappa shape index (κ2) is 5.98. The molecule has 122 valence electrons. The number of nitrogens with zero attached hydrogens (tertiary/aromatic N) is 1. The molecule has 0 spiro atoms. The summed E-state index contributed by atoms with van der Waals surface area (Å²) in [4.78, 5) is 26.9. The third kappa shape index (κ3) is 4.45. The molecule has 0 bridgehead atoms. The number of amides is 2. The second-order valence-corrected chi connectivity index (χ2v) is 8.62. The highest BCUT2D eigenvalue weighted by atomic mass is 16.2. The van der Waals surface area contributed by atoms with Crippen LogP contribution in [0.5, 0.6) is 0 Å². The molecule has 21 heavy (non-hydrogen) atoms. The highest BCUT2D eigenvalue weighted by Gasteiger charge is 2.45. The molecule has 1 saturated heterocycles. The van der Waals surface area contributed by atoms with Crippen molar-refractivity contribution < 1.29 is 9.59 Å². The third-order valence-electron chi connectivity index (χ3n) is 3.94. The van der Waals surface area contributed by atoms with E-state index < -0.39 is 6.04 Å². The van der Waals surface area contributed by atoms with Crippen molar-refractivity contribution in [3.8, 4) is 0 Å². The van der Waals surface area contributed by atoms with E-state index >= 15 is 0 Å². The van der Waals surface area contributed by atoms with E-state index in [9.17, 15) is 9.59 Å². The lowest BCUT2D eigenvalue weighted by molar-refractivity contribution is -0.156. The Bertz CT molecular complexity index is 408. The smallest absolute Gasteiger partial charge is 0.246 e. The van der Waals surface area contributed by atoms with Crippen molar-refractivity contribution in [3.63, 3.8) is 0 Å². The lowest BCUT2D eigenvalue weighted by Crippen LogP contribution is -2.68. The van der Waals surface area contributed by atoms with Crippen LogP contribution in [-0.2, 0) is 9.59 Å². The fraction of sp³-hybridized carbons (Fsp3) is 0.882. The summed E-state index contributed by atoms with van der Waals surface area (Å²) < 4.78 is 0. The summed E-state index contributed by atoms with van der Waals surface area (Å²) in [5.41, 5.74) is -0.229. The third-order valence-corrected chi connectivity index (χ3v) is 3.94. The van der Waals surface area contributed by atoms with E-state index in [-0.39, 0.29) is 28.8 Å². The van der Waals surface area contributed by atoms with E-state index in [0.717, 1.165) is 6.42 Å². The number of hydrogen-bond acceptors (Lipinski definition) is 2. The van der Waals surface area contributed by atoms with Crippen LogP contribution in [0.3, 0.4) is 0 Å². The van der Waals surface area contributed by atoms with Gasteiger partial charge in [-0.15, -0.1) is 0 Å². The molecule has 2 atom stereocenters. The summed E-state index contributed by atoms with van der Waals surface area (Å²) in [6, 6.07) is -0.786. The summed E-state index contributed by atoms with van der Waals surface area (Å²) in [5, 5.41) is 2.88. The van der Waals surface area contributed by atoms with Gasteiger partial charge in [-0.1, -0.05) is 34.6 Å². The van der Waals surface area contributed by atoms with Crippen LogP contribution in [-0.4, -0.2) is 34.3 Å². The minimum absolute atomic E-state index is 0.0396. The predicted molar refractivity (Wildman–Crippen MR) is 85.8 cm³/mol. The molecule has 0 aliphatic carbocycles. The molecule has 0 radical (unpaired) electrons. The summed E-state index contributed by atoms with van der Waals surface area (Å²) in [5.74, 6) is 0.396. The molecule has 0 saturated carbocycles. The zero-order valence-corrected chi connectivity index (χ0v) is 14.9. The normalized spacial score (nSPS) is 24.5. The average Bonchev–Trinajstić information content (AvgIpc) is 2.21.